The van der Waals surface area contributed by atoms with Gasteiger partial charge in [0.1, 0.15) is 12.6 Å². The van der Waals surface area contributed by atoms with Crippen molar-refractivity contribution >= 4 is 73.9 Å². The van der Waals surface area contributed by atoms with Crippen LogP contribution in [0.25, 0.3) is 0 Å². The standard InChI is InChI=1S/C30H33Cl4N3O4S/c1-4-6-13-35-30(39)28(5-2)36(18-21-9-12-26(33)27(34)14-21)29(38)19-37(24-16-22(31)15-23(32)17-24)42(40,41)25-10-7-20(3)8-11-25/h7-12,14-17,28H,4-6,13,18-19H2,1-3H3,(H,35,39). The number of hydrogen-bond acceptors (Lipinski definition) is 4. The summed E-state index contributed by atoms with van der Waals surface area (Å²) in [7, 11) is -4.26. The van der Waals surface area contributed by atoms with Crippen LogP contribution in [0.4, 0.5) is 5.69 Å². The van der Waals surface area contributed by atoms with Crippen molar-refractivity contribution in [3.05, 3.63) is 91.9 Å². The van der Waals surface area contributed by atoms with Crippen LogP contribution in [0.2, 0.25) is 20.1 Å². The second-order valence-electron chi connectivity index (χ2n) is 9.79. The molecule has 2 amide bonds. The minimum absolute atomic E-state index is 0.00977. The summed E-state index contributed by atoms with van der Waals surface area (Å²) in [5, 5.41) is 3.92. The second-order valence-corrected chi connectivity index (χ2v) is 13.3. The summed E-state index contributed by atoms with van der Waals surface area (Å²) in [4.78, 5) is 28.8. The number of sulfonamides is 1. The van der Waals surface area contributed by atoms with E-state index < -0.39 is 28.5 Å². The Morgan fingerprint density at radius 1 is 0.881 bits per heavy atom. The first kappa shape index (κ1) is 34.0. The highest BCUT2D eigenvalue weighted by atomic mass is 35.5. The van der Waals surface area contributed by atoms with Gasteiger partial charge < -0.3 is 10.2 Å². The van der Waals surface area contributed by atoms with Gasteiger partial charge in [0.25, 0.3) is 10.0 Å². The van der Waals surface area contributed by atoms with Gasteiger partial charge in [-0.3, -0.25) is 13.9 Å². The molecule has 3 rings (SSSR count). The molecule has 3 aromatic rings. The minimum Gasteiger partial charge on any atom is -0.354 e. The van der Waals surface area contributed by atoms with Crippen LogP contribution in [0.3, 0.4) is 0 Å². The number of rotatable bonds is 13. The van der Waals surface area contributed by atoms with E-state index in [0.29, 0.717) is 28.6 Å². The predicted octanol–water partition coefficient (Wildman–Crippen LogP) is 7.53. The van der Waals surface area contributed by atoms with E-state index in [9.17, 15) is 18.0 Å². The van der Waals surface area contributed by atoms with Crippen LogP contribution in [-0.4, -0.2) is 44.3 Å². The van der Waals surface area contributed by atoms with Crippen molar-refractivity contribution in [2.45, 2.75) is 57.5 Å². The first-order valence-corrected chi connectivity index (χ1v) is 16.4. The van der Waals surface area contributed by atoms with Crippen LogP contribution in [0.15, 0.2) is 65.6 Å². The Hall–Kier alpha value is -2.49. The van der Waals surface area contributed by atoms with E-state index in [-0.39, 0.29) is 33.1 Å². The number of carbonyl (C=O) groups is 2. The molecule has 0 bridgehead atoms. The third-order valence-electron chi connectivity index (χ3n) is 6.58. The second kappa shape index (κ2) is 15.3. The lowest BCUT2D eigenvalue weighted by Gasteiger charge is -2.33. The maximum absolute atomic E-state index is 14.1. The van der Waals surface area contributed by atoms with Gasteiger partial charge in [-0.2, -0.15) is 0 Å². The Morgan fingerprint density at radius 2 is 1.52 bits per heavy atom. The molecule has 0 saturated carbocycles. The van der Waals surface area contributed by atoms with Gasteiger partial charge in [0.15, 0.2) is 0 Å². The first-order valence-electron chi connectivity index (χ1n) is 13.4. The molecule has 0 radical (unpaired) electrons. The number of nitrogens with one attached hydrogen (secondary N) is 1. The van der Waals surface area contributed by atoms with Gasteiger partial charge in [-0.25, -0.2) is 8.42 Å². The summed E-state index contributed by atoms with van der Waals surface area (Å²) in [6.07, 6.45) is 1.96. The molecule has 0 aliphatic heterocycles. The molecule has 0 aliphatic rings. The summed E-state index contributed by atoms with van der Waals surface area (Å²) >= 11 is 24.8. The molecular formula is C30H33Cl4N3O4S. The fourth-order valence-electron chi connectivity index (χ4n) is 4.31. The molecule has 226 valence electrons. The van der Waals surface area contributed by atoms with E-state index >= 15 is 0 Å². The Bertz CT molecular complexity index is 1500. The van der Waals surface area contributed by atoms with Gasteiger partial charge in [0.2, 0.25) is 11.8 Å². The number of hydrogen-bond donors (Lipinski definition) is 1. The molecule has 12 heteroatoms. The summed E-state index contributed by atoms with van der Waals surface area (Å²) in [6.45, 7) is 5.46. The van der Waals surface area contributed by atoms with Crippen LogP contribution in [-0.2, 0) is 26.2 Å². The van der Waals surface area contributed by atoms with Crippen LogP contribution in [0.1, 0.15) is 44.2 Å². The first-order chi connectivity index (χ1) is 19.9. The fraction of sp³-hybridized carbons (Fsp3) is 0.333. The van der Waals surface area contributed by atoms with Crippen molar-refractivity contribution in [2.75, 3.05) is 17.4 Å². The molecule has 0 aliphatic carbocycles. The van der Waals surface area contributed by atoms with Gasteiger partial charge >= 0.3 is 0 Å². The highest BCUT2D eigenvalue weighted by Crippen LogP contribution is 2.31. The van der Waals surface area contributed by atoms with Crippen molar-refractivity contribution in [2.24, 2.45) is 0 Å². The molecule has 0 saturated heterocycles. The zero-order valence-electron chi connectivity index (χ0n) is 23.5. The van der Waals surface area contributed by atoms with E-state index in [1.165, 1.54) is 35.2 Å². The quantitative estimate of drug-likeness (QED) is 0.190. The maximum Gasteiger partial charge on any atom is 0.264 e. The molecule has 42 heavy (non-hydrogen) atoms. The number of benzene rings is 3. The Morgan fingerprint density at radius 3 is 2.10 bits per heavy atom. The van der Waals surface area contributed by atoms with Crippen molar-refractivity contribution in [3.63, 3.8) is 0 Å². The molecule has 1 N–H and O–H groups in total. The van der Waals surface area contributed by atoms with E-state index in [4.69, 9.17) is 46.4 Å². The van der Waals surface area contributed by atoms with E-state index in [2.05, 4.69) is 5.32 Å². The van der Waals surface area contributed by atoms with Crippen LogP contribution in [0, 0.1) is 6.92 Å². The summed E-state index contributed by atoms with van der Waals surface area (Å²) in [6, 6.07) is 14.6. The fourth-order valence-corrected chi connectivity index (χ4v) is 6.54. The Balaban J connectivity index is 2.08. The molecule has 0 heterocycles. The molecule has 0 fully saturated rings. The Kier molecular flexibility index (Phi) is 12.4. The maximum atomic E-state index is 14.1. The molecule has 0 aromatic heterocycles. The minimum atomic E-state index is -4.26. The van der Waals surface area contributed by atoms with E-state index in [0.717, 1.165) is 22.7 Å². The SMILES string of the molecule is CCCCNC(=O)C(CC)N(Cc1ccc(Cl)c(Cl)c1)C(=O)CN(c1cc(Cl)cc(Cl)c1)S(=O)(=O)c1ccc(C)cc1. The smallest absolute Gasteiger partial charge is 0.264 e. The van der Waals surface area contributed by atoms with Crippen molar-refractivity contribution < 1.29 is 18.0 Å². The lowest BCUT2D eigenvalue weighted by Crippen LogP contribution is -2.52. The molecule has 7 nitrogen and oxygen atoms in total. The van der Waals surface area contributed by atoms with Crippen LogP contribution >= 0.6 is 46.4 Å². The average Bonchev–Trinajstić information content (AvgIpc) is 2.93. The largest absolute Gasteiger partial charge is 0.354 e. The number of anilines is 1. The molecule has 1 atom stereocenters. The lowest BCUT2D eigenvalue weighted by atomic mass is 10.1. The summed E-state index contributed by atoms with van der Waals surface area (Å²) < 4.78 is 28.9. The predicted molar refractivity (Wildman–Crippen MR) is 171 cm³/mol. The average molecular weight is 673 g/mol. The lowest BCUT2D eigenvalue weighted by molar-refractivity contribution is -0.140. The summed E-state index contributed by atoms with van der Waals surface area (Å²) in [5.41, 5.74) is 1.60. The monoisotopic (exact) mass is 671 g/mol. The Labute approximate surface area is 267 Å². The van der Waals surface area contributed by atoms with Gasteiger partial charge in [-0.05, 0) is 67.8 Å². The van der Waals surface area contributed by atoms with E-state index in [1.807, 2.05) is 13.8 Å². The van der Waals surface area contributed by atoms with Crippen LogP contribution in [0.5, 0.6) is 0 Å². The molecule has 1 unspecified atom stereocenters. The van der Waals surface area contributed by atoms with Crippen molar-refractivity contribution in [1.82, 2.24) is 10.2 Å². The summed E-state index contributed by atoms with van der Waals surface area (Å²) in [5.74, 6) is -0.941. The number of carbonyl (C=O) groups excluding carboxylic acids is 2. The van der Waals surface area contributed by atoms with Crippen LogP contribution < -0.4 is 9.62 Å². The van der Waals surface area contributed by atoms with Gasteiger partial charge in [0.05, 0.1) is 20.6 Å². The van der Waals surface area contributed by atoms with Gasteiger partial charge in [-0.15, -0.1) is 0 Å². The number of halogens is 4. The van der Waals surface area contributed by atoms with Crippen molar-refractivity contribution in [1.29, 1.82) is 0 Å². The molecule has 3 aromatic carbocycles. The van der Waals surface area contributed by atoms with E-state index in [1.54, 1.807) is 37.3 Å². The van der Waals surface area contributed by atoms with Gasteiger partial charge in [-0.1, -0.05) is 90.4 Å². The topological polar surface area (TPSA) is 86.8 Å². The number of unbranched alkanes of at least 4 members (excludes halogenated alkanes) is 1. The number of aryl methyl sites for hydroxylation is 1. The highest BCUT2D eigenvalue weighted by Gasteiger charge is 2.34. The molecule has 0 spiro atoms. The molecular weight excluding hydrogens is 640 g/mol. The number of amides is 2. The number of nitrogens with zero attached hydrogens (tertiary/aromatic N) is 2. The zero-order chi connectivity index (χ0) is 31.0. The van der Waals surface area contributed by atoms with Crippen molar-refractivity contribution in [3.8, 4) is 0 Å². The third-order valence-corrected chi connectivity index (χ3v) is 9.54. The zero-order valence-corrected chi connectivity index (χ0v) is 27.4. The normalized spacial score (nSPS) is 12.1. The van der Waals surface area contributed by atoms with Gasteiger partial charge in [0, 0.05) is 23.1 Å². The third kappa shape index (κ3) is 8.77. The highest BCUT2D eigenvalue weighted by molar-refractivity contribution is 7.92.